The zero-order chi connectivity index (χ0) is 25.6. The molecule has 1 aromatic carbocycles. The number of benzene rings is 1. The predicted octanol–water partition coefficient (Wildman–Crippen LogP) is 1.14. The summed E-state index contributed by atoms with van der Waals surface area (Å²) in [7, 11) is -0.542. The first-order chi connectivity index (χ1) is 16.6. The summed E-state index contributed by atoms with van der Waals surface area (Å²) in [5.74, 6) is -2.51. The molecule has 0 atom stereocenters. The molecule has 0 amide bonds. The zero-order valence-corrected chi connectivity index (χ0v) is 20.2. The standard InChI is InChI=1S/C18H23N5O3S.C4H4O4/c1-21-13-15-17(20-26-12-11-23-9-5-6-10-23)14-7-3-4-8-16(14)22(2)27(24,25)18(15)19-21;5-3(6)1-2-4(7)8/h3-4,7-8,13H,5-6,9-12H2,1-2H3;1-2H,(H,5,6)(H,7,8)/b;2-1-. The van der Waals surface area contributed by atoms with Crippen LogP contribution >= 0.6 is 0 Å². The number of fused-ring (bicyclic) bond motifs is 2. The highest BCUT2D eigenvalue weighted by molar-refractivity contribution is 7.92. The molecule has 1 aromatic heterocycles. The fourth-order valence-corrected chi connectivity index (χ4v) is 5.04. The summed E-state index contributed by atoms with van der Waals surface area (Å²) in [4.78, 5) is 27.1. The minimum absolute atomic E-state index is 0.00871. The molecule has 3 heterocycles. The average Bonchev–Trinajstić information content (AvgIpc) is 3.46. The van der Waals surface area contributed by atoms with Crippen molar-refractivity contribution in [2.24, 2.45) is 12.2 Å². The van der Waals surface area contributed by atoms with Crippen molar-refractivity contribution in [1.29, 1.82) is 0 Å². The maximum atomic E-state index is 13.0. The van der Waals surface area contributed by atoms with E-state index in [2.05, 4.69) is 15.2 Å². The van der Waals surface area contributed by atoms with Crippen molar-refractivity contribution in [1.82, 2.24) is 14.7 Å². The van der Waals surface area contributed by atoms with E-state index in [0.29, 0.717) is 41.3 Å². The first-order valence-electron chi connectivity index (χ1n) is 10.8. The first-order valence-corrected chi connectivity index (χ1v) is 12.2. The van der Waals surface area contributed by atoms with Crippen LogP contribution in [0.5, 0.6) is 0 Å². The number of anilines is 1. The van der Waals surface area contributed by atoms with Crippen molar-refractivity contribution in [2.75, 3.05) is 37.6 Å². The van der Waals surface area contributed by atoms with E-state index in [0.717, 1.165) is 19.6 Å². The van der Waals surface area contributed by atoms with E-state index in [1.165, 1.54) is 28.9 Å². The Hall–Kier alpha value is -3.71. The smallest absolute Gasteiger partial charge is 0.328 e. The van der Waals surface area contributed by atoms with Gasteiger partial charge >= 0.3 is 11.9 Å². The van der Waals surface area contributed by atoms with Gasteiger partial charge < -0.3 is 15.1 Å². The average molecular weight is 506 g/mol. The van der Waals surface area contributed by atoms with Gasteiger partial charge in [-0.1, -0.05) is 23.4 Å². The molecule has 2 aliphatic heterocycles. The van der Waals surface area contributed by atoms with E-state index in [-0.39, 0.29) is 5.03 Å². The highest BCUT2D eigenvalue weighted by Crippen LogP contribution is 2.33. The molecule has 0 unspecified atom stereocenters. The molecule has 13 heteroatoms. The van der Waals surface area contributed by atoms with E-state index < -0.39 is 22.0 Å². The number of para-hydroxylation sites is 1. The third-order valence-electron chi connectivity index (χ3n) is 5.38. The van der Waals surface area contributed by atoms with Crippen LogP contribution in [-0.2, 0) is 31.5 Å². The van der Waals surface area contributed by atoms with Gasteiger partial charge in [-0.2, -0.15) is 13.5 Å². The summed E-state index contributed by atoms with van der Waals surface area (Å²) in [6.07, 6.45) is 5.24. The number of nitrogens with zero attached hydrogens (tertiary/aromatic N) is 5. The number of hydrogen-bond donors (Lipinski definition) is 2. The van der Waals surface area contributed by atoms with Gasteiger partial charge in [-0.15, -0.1) is 0 Å². The van der Waals surface area contributed by atoms with Crippen LogP contribution in [0, 0.1) is 0 Å². The van der Waals surface area contributed by atoms with Crippen LogP contribution < -0.4 is 4.31 Å². The fraction of sp³-hybridized carbons (Fsp3) is 0.364. The van der Waals surface area contributed by atoms with Gasteiger partial charge in [-0.05, 0) is 32.0 Å². The van der Waals surface area contributed by atoms with Crippen LogP contribution in [-0.4, -0.2) is 84.3 Å². The van der Waals surface area contributed by atoms with Gasteiger partial charge in [0.05, 0.1) is 11.3 Å². The van der Waals surface area contributed by atoms with Gasteiger partial charge in [0.15, 0.2) is 0 Å². The highest BCUT2D eigenvalue weighted by Gasteiger charge is 2.36. The molecule has 0 spiro atoms. The van der Waals surface area contributed by atoms with Crippen molar-refractivity contribution in [3.8, 4) is 0 Å². The number of carboxylic acid groups (broad SMARTS) is 2. The predicted molar refractivity (Wildman–Crippen MR) is 127 cm³/mol. The first kappa shape index (κ1) is 25.9. The molecule has 1 fully saturated rings. The largest absolute Gasteiger partial charge is 0.478 e. The second-order valence-corrected chi connectivity index (χ2v) is 9.73. The zero-order valence-electron chi connectivity index (χ0n) is 19.4. The molecule has 0 aliphatic carbocycles. The van der Waals surface area contributed by atoms with Crippen molar-refractivity contribution in [3.63, 3.8) is 0 Å². The highest BCUT2D eigenvalue weighted by atomic mass is 32.2. The van der Waals surface area contributed by atoms with Crippen molar-refractivity contribution in [2.45, 2.75) is 17.9 Å². The monoisotopic (exact) mass is 505 g/mol. The molecule has 2 aromatic rings. The summed E-state index contributed by atoms with van der Waals surface area (Å²) in [6, 6.07) is 7.28. The lowest BCUT2D eigenvalue weighted by atomic mass is 10.0. The van der Waals surface area contributed by atoms with Gasteiger partial charge in [0, 0.05) is 44.6 Å². The number of sulfonamides is 1. The summed E-state index contributed by atoms with van der Waals surface area (Å²) in [5.41, 5.74) is 2.20. The Morgan fingerprint density at radius 2 is 1.71 bits per heavy atom. The Kier molecular flexibility index (Phi) is 8.25. The van der Waals surface area contributed by atoms with Crippen molar-refractivity contribution >= 4 is 33.4 Å². The molecule has 0 radical (unpaired) electrons. The van der Waals surface area contributed by atoms with Gasteiger partial charge in [-0.3, -0.25) is 13.9 Å². The fourth-order valence-electron chi connectivity index (χ4n) is 3.70. The normalized spacial score (nSPS) is 17.9. The Labute approximate surface area is 202 Å². The molecule has 188 valence electrons. The number of carboxylic acids is 2. The lowest BCUT2D eigenvalue weighted by Gasteiger charge is -2.18. The summed E-state index contributed by atoms with van der Waals surface area (Å²) < 4.78 is 28.7. The SMILES string of the molecule is CN1c2ccccc2C(=NOCCN2CCCC2)c2cn(C)nc2S1(=O)=O.O=C(O)/C=C\C(=O)O. The number of aliphatic carboxylic acids is 2. The molecule has 12 nitrogen and oxygen atoms in total. The van der Waals surface area contributed by atoms with Crippen molar-refractivity contribution < 1.29 is 33.1 Å². The number of oxime groups is 1. The van der Waals surface area contributed by atoms with Crippen molar-refractivity contribution in [3.05, 3.63) is 53.7 Å². The quantitative estimate of drug-likeness (QED) is 0.334. The van der Waals surface area contributed by atoms with Crippen LogP contribution in [0.4, 0.5) is 5.69 Å². The maximum Gasteiger partial charge on any atom is 0.328 e. The lowest BCUT2D eigenvalue weighted by Crippen LogP contribution is -2.27. The molecule has 0 bridgehead atoms. The second kappa shape index (κ2) is 11.1. The van der Waals surface area contributed by atoms with E-state index in [1.807, 2.05) is 12.1 Å². The minimum Gasteiger partial charge on any atom is -0.478 e. The Balaban J connectivity index is 0.000000371. The van der Waals surface area contributed by atoms with E-state index in [4.69, 9.17) is 15.1 Å². The van der Waals surface area contributed by atoms with E-state index in [9.17, 15) is 18.0 Å². The molecular weight excluding hydrogens is 478 g/mol. The maximum absolute atomic E-state index is 13.0. The number of hydrogen-bond acceptors (Lipinski definition) is 8. The van der Waals surface area contributed by atoms with Crippen LogP contribution in [0.3, 0.4) is 0 Å². The van der Waals surface area contributed by atoms with E-state index in [1.54, 1.807) is 25.4 Å². The molecule has 2 N–H and O–H groups in total. The molecular formula is C22H27N5O7S. The van der Waals surface area contributed by atoms with Gasteiger partial charge in [-0.25, -0.2) is 9.59 Å². The van der Waals surface area contributed by atoms with Crippen LogP contribution in [0.1, 0.15) is 24.0 Å². The van der Waals surface area contributed by atoms with E-state index >= 15 is 0 Å². The third kappa shape index (κ3) is 6.25. The van der Waals surface area contributed by atoms with Crippen LogP contribution in [0.2, 0.25) is 0 Å². The van der Waals surface area contributed by atoms with Crippen LogP contribution in [0.15, 0.2) is 52.8 Å². The molecule has 2 aliphatic rings. The topological polar surface area (TPSA) is 155 Å². The summed E-state index contributed by atoms with van der Waals surface area (Å²) >= 11 is 0. The number of rotatable bonds is 6. The molecule has 1 saturated heterocycles. The molecule has 0 saturated carbocycles. The Morgan fingerprint density at radius 1 is 1.09 bits per heavy atom. The van der Waals surface area contributed by atoms with Crippen LogP contribution in [0.25, 0.3) is 0 Å². The summed E-state index contributed by atoms with van der Waals surface area (Å²) in [6.45, 7) is 3.47. The lowest BCUT2D eigenvalue weighted by molar-refractivity contribution is -0.134. The third-order valence-corrected chi connectivity index (χ3v) is 7.08. The summed E-state index contributed by atoms with van der Waals surface area (Å²) in [5, 5.41) is 24.1. The molecule has 35 heavy (non-hydrogen) atoms. The van der Waals surface area contributed by atoms with Gasteiger partial charge in [0.2, 0.25) is 5.03 Å². The number of aromatic nitrogens is 2. The second-order valence-electron chi connectivity index (χ2n) is 7.84. The Morgan fingerprint density at radius 3 is 2.34 bits per heavy atom. The van der Waals surface area contributed by atoms with Gasteiger partial charge in [0.25, 0.3) is 10.0 Å². The number of likely N-dealkylation sites (tertiary alicyclic amines) is 1. The number of carbonyl (C=O) groups is 2. The molecule has 4 rings (SSSR count). The number of aryl methyl sites for hydroxylation is 1. The minimum atomic E-state index is -3.77. The van der Waals surface area contributed by atoms with Gasteiger partial charge in [0.1, 0.15) is 12.3 Å². The Bertz CT molecular complexity index is 1230.